The van der Waals surface area contributed by atoms with Crippen molar-refractivity contribution < 1.29 is 4.79 Å². The van der Waals surface area contributed by atoms with E-state index in [2.05, 4.69) is 5.32 Å². The highest BCUT2D eigenvalue weighted by Crippen LogP contribution is 2.30. The molecule has 2 rings (SSSR count). The van der Waals surface area contributed by atoms with Crippen LogP contribution in [0, 0.1) is 0 Å². The highest BCUT2D eigenvalue weighted by atomic mass is 35.5. The Bertz CT molecular complexity index is 728. The Hall–Kier alpha value is -1.72. The summed E-state index contributed by atoms with van der Waals surface area (Å²) in [5, 5.41) is 3.36. The summed E-state index contributed by atoms with van der Waals surface area (Å²) in [7, 11) is 1.64. The van der Waals surface area contributed by atoms with E-state index in [9.17, 15) is 9.59 Å². The van der Waals surface area contributed by atoms with Gasteiger partial charge in [-0.05, 0) is 30.0 Å². The maximum absolute atomic E-state index is 12.2. The Labute approximate surface area is 132 Å². The molecule has 1 N–H and O–H groups in total. The normalized spacial score (nSPS) is 10.4. The van der Waals surface area contributed by atoms with Crippen LogP contribution in [0.1, 0.15) is 17.3 Å². The number of anilines is 1. The summed E-state index contributed by atoms with van der Waals surface area (Å²) < 4.78 is 1.41. The summed E-state index contributed by atoms with van der Waals surface area (Å²) in [6, 6.07) is 8.28. The van der Waals surface area contributed by atoms with E-state index in [4.69, 9.17) is 11.6 Å². The van der Waals surface area contributed by atoms with Crippen molar-refractivity contribution in [3.63, 3.8) is 0 Å². The standard InChI is InChI=1S/C15H15ClN2O2S/c1-3-21-13-5-4-11(16)9-12(13)17-15(20)10-6-7-18(2)14(19)8-10/h4-9H,3H2,1-2H3,(H,17,20). The van der Waals surface area contributed by atoms with Crippen LogP contribution in [-0.2, 0) is 7.05 Å². The molecule has 0 bridgehead atoms. The molecule has 4 nitrogen and oxygen atoms in total. The van der Waals surface area contributed by atoms with Crippen LogP contribution in [0.15, 0.2) is 46.2 Å². The number of nitrogens with zero attached hydrogens (tertiary/aromatic N) is 1. The van der Waals surface area contributed by atoms with Crippen LogP contribution in [-0.4, -0.2) is 16.2 Å². The summed E-state index contributed by atoms with van der Waals surface area (Å²) >= 11 is 7.59. The number of pyridine rings is 1. The number of carbonyl (C=O) groups excluding carboxylic acids is 1. The third-order valence-electron chi connectivity index (χ3n) is 2.86. The fraction of sp³-hybridized carbons (Fsp3) is 0.200. The van der Waals surface area contributed by atoms with Gasteiger partial charge in [-0.15, -0.1) is 11.8 Å². The number of aryl methyl sites for hydroxylation is 1. The number of thioether (sulfide) groups is 1. The fourth-order valence-corrected chi connectivity index (χ4v) is 2.68. The van der Waals surface area contributed by atoms with E-state index in [1.54, 1.807) is 43.2 Å². The summed E-state index contributed by atoms with van der Waals surface area (Å²) in [6.45, 7) is 2.03. The number of rotatable bonds is 4. The van der Waals surface area contributed by atoms with Crippen LogP contribution in [0.2, 0.25) is 5.02 Å². The number of carbonyl (C=O) groups is 1. The smallest absolute Gasteiger partial charge is 0.255 e. The molecule has 0 aliphatic heterocycles. The average Bonchev–Trinajstić information content (AvgIpc) is 2.45. The Morgan fingerprint density at radius 1 is 1.33 bits per heavy atom. The maximum atomic E-state index is 12.2. The van der Waals surface area contributed by atoms with Gasteiger partial charge in [0, 0.05) is 34.8 Å². The van der Waals surface area contributed by atoms with Gasteiger partial charge in [0.15, 0.2) is 0 Å². The fourth-order valence-electron chi connectivity index (χ4n) is 1.77. The second-order valence-electron chi connectivity index (χ2n) is 4.39. The molecule has 0 radical (unpaired) electrons. The first-order valence-electron chi connectivity index (χ1n) is 6.41. The molecule has 2 aromatic rings. The Balaban J connectivity index is 2.28. The van der Waals surface area contributed by atoms with E-state index in [1.165, 1.54) is 10.6 Å². The van der Waals surface area contributed by atoms with Gasteiger partial charge < -0.3 is 9.88 Å². The molecule has 0 fully saturated rings. The number of benzene rings is 1. The van der Waals surface area contributed by atoms with Crippen LogP contribution in [0.3, 0.4) is 0 Å². The van der Waals surface area contributed by atoms with Crippen LogP contribution in [0.5, 0.6) is 0 Å². The lowest BCUT2D eigenvalue weighted by Gasteiger charge is -2.11. The van der Waals surface area contributed by atoms with Crippen LogP contribution in [0.25, 0.3) is 0 Å². The molecule has 6 heteroatoms. The second-order valence-corrected chi connectivity index (χ2v) is 6.13. The predicted octanol–water partition coefficient (Wildman–Crippen LogP) is 3.40. The van der Waals surface area contributed by atoms with Gasteiger partial charge in [-0.1, -0.05) is 18.5 Å². The largest absolute Gasteiger partial charge is 0.321 e. The molecule has 110 valence electrons. The monoisotopic (exact) mass is 322 g/mol. The van der Waals surface area contributed by atoms with Crippen LogP contribution < -0.4 is 10.9 Å². The molecule has 0 saturated heterocycles. The lowest BCUT2D eigenvalue weighted by Crippen LogP contribution is -2.20. The van der Waals surface area contributed by atoms with E-state index in [0.29, 0.717) is 16.3 Å². The molecular weight excluding hydrogens is 308 g/mol. The molecule has 0 aliphatic carbocycles. The minimum Gasteiger partial charge on any atom is -0.321 e. The highest BCUT2D eigenvalue weighted by Gasteiger charge is 2.11. The lowest BCUT2D eigenvalue weighted by atomic mass is 10.2. The van der Waals surface area contributed by atoms with Crippen LogP contribution >= 0.6 is 23.4 Å². The first kappa shape index (κ1) is 15.7. The molecule has 1 aromatic heterocycles. The van der Waals surface area contributed by atoms with E-state index in [-0.39, 0.29) is 11.5 Å². The quantitative estimate of drug-likeness (QED) is 0.878. The van der Waals surface area contributed by atoms with Gasteiger partial charge in [-0.3, -0.25) is 9.59 Å². The van der Waals surface area contributed by atoms with E-state index < -0.39 is 0 Å². The zero-order valence-corrected chi connectivity index (χ0v) is 13.3. The minimum absolute atomic E-state index is 0.225. The van der Waals surface area contributed by atoms with E-state index in [0.717, 1.165) is 10.6 Å². The van der Waals surface area contributed by atoms with E-state index in [1.807, 2.05) is 13.0 Å². The van der Waals surface area contributed by atoms with Gasteiger partial charge in [-0.25, -0.2) is 0 Å². The van der Waals surface area contributed by atoms with Crippen LogP contribution in [0.4, 0.5) is 5.69 Å². The van der Waals surface area contributed by atoms with Crippen molar-refractivity contribution in [3.05, 3.63) is 57.5 Å². The van der Waals surface area contributed by atoms with E-state index >= 15 is 0 Å². The third kappa shape index (κ3) is 3.89. The number of nitrogens with one attached hydrogen (secondary N) is 1. The predicted molar refractivity (Wildman–Crippen MR) is 87.5 cm³/mol. The molecule has 1 amide bonds. The third-order valence-corrected chi connectivity index (χ3v) is 4.05. The number of hydrogen-bond donors (Lipinski definition) is 1. The summed E-state index contributed by atoms with van der Waals surface area (Å²) in [6.07, 6.45) is 1.57. The van der Waals surface area contributed by atoms with Crippen molar-refractivity contribution in [1.29, 1.82) is 0 Å². The Kier molecular flexibility index (Phi) is 5.09. The molecule has 0 atom stereocenters. The number of halogens is 1. The van der Waals surface area contributed by atoms with Gasteiger partial charge >= 0.3 is 0 Å². The second kappa shape index (κ2) is 6.83. The Morgan fingerprint density at radius 3 is 2.76 bits per heavy atom. The topological polar surface area (TPSA) is 51.1 Å². The van der Waals surface area contributed by atoms with Crippen molar-refractivity contribution in [2.45, 2.75) is 11.8 Å². The SMILES string of the molecule is CCSc1ccc(Cl)cc1NC(=O)c1ccn(C)c(=O)c1. The summed E-state index contributed by atoms with van der Waals surface area (Å²) in [5.41, 5.74) is 0.752. The highest BCUT2D eigenvalue weighted by molar-refractivity contribution is 7.99. The number of aromatic nitrogens is 1. The summed E-state index contributed by atoms with van der Waals surface area (Å²) in [5.74, 6) is 0.559. The zero-order chi connectivity index (χ0) is 15.4. The first-order valence-corrected chi connectivity index (χ1v) is 7.78. The van der Waals surface area contributed by atoms with Crippen molar-refractivity contribution in [3.8, 4) is 0 Å². The minimum atomic E-state index is -0.326. The van der Waals surface area contributed by atoms with Crippen molar-refractivity contribution in [2.75, 3.05) is 11.1 Å². The number of amides is 1. The van der Waals surface area contributed by atoms with Gasteiger partial charge in [0.25, 0.3) is 11.5 Å². The first-order chi connectivity index (χ1) is 10.0. The molecule has 21 heavy (non-hydrogen) atoms. The number of hydrogen-bond acceptors (Lipinski definition) is 3. The van der Waals surface area contributed by atoms with Gasteiger partial charge in [0.2, 0.25) is 0 Å². The molecule has 0 spiro atoms. The molecule has 0 unspecified atom stereocenters. The van der Waals surface area contributed by atoms with Crippen molar-refractivity contribution >= 4 is 35.0 Å². The molecule has 1 heterocycles. The molecule has 0 saturated carbocycles. The Morgan fingerprint density at radius 2 is 2.10 bits per heavy atom. The summed E-state index contributed by atoms with van der Waals surface area (Å²) in [4.78, 5) is 24.8. The average molecular weight is 323 g/mol. The lowest BCUT2D eigenvalue weighted by molar-refractivity contribution is 0.102. The van der Waals surface area contributed by atoms with Gasteiger partial charge in [0.1, 0.15) is 0 Å². The molecular formula is C15H15ClN2O2S. The zero-order valence-electron chi connectivity index (χ0n) is 11.7. The maximum Gasteiger partial charge on any atom is 0.255 e. The van der Waals surface area contributed by atoms with Gasteiger partial charge in [-0.2, -0.15) is 0 Å². The van der Waals surface area contributed by atoms with Gasteiger partial charge in [0.05, 0.1) is 5.69 Å². The van der Waals surface area contributed by atoms with Crippen molar-refractivity contribution in [1.82, 2.24) is 4.57 Å². The van der Waals surface area contributed by atoms with Crippen molar-refractivity contribution in [2.24, 2.45) is 7.05 Å². The molecule has 1 aromatic carbocycles. The molecule has 0 aliphatic rings.